The minimum absolute atomic E-state index is 0.146. The third kappa shape index (κ3) is 3.88. The number of furan rings is 1. The van der Waals surface area contributed by atoms with Gasteiger partial charge in [-0.15, -0.1) is 0 Å². The molecule has 2 heterocycles. The lowest BCUT2D eigenvalue weighted by molar-refractivity contribution is 0.0929. The SMILES string of the molecule is CCN1c2ccc(/C=N/NC(=O)c3cc4cc(Br)ccc4o3)cc2[C@@H](C)CC1(C)C. The Labute approximate surface area is 185 Å². The molecule has 1 aromatic heterocycles. The van der Waals surface area contributed by atoms with E-state index in [4.69, 9.17) is 4.42 Å². The molecule has 2 aromatic carbocycles. The van der Waals surface area contributed by atoms with Crippen molar-refractivity contribution in [3.63, 3.8) is 0 Å². The summed E-state index contributed by atoms with van der Waals surface area (Å²) in [5.41, 5.74) is 6.95. The predicted molar refractivity (Wildman–Crippen MR) is 126 cm³/mol. The van der Waals surface area contributed by atoms with Crippen molar-refractivity contribution in [2.75, 3.05) is 11.4 Å². The molecule has 0 saturated carbocycles. The first-order valence-corrected chi connectivity index (χ1v) is 11.0. The summed E-state index contributed by atoms with van der Waals surface area (Å²) in [5.74, 6) is 0.333. The van der Waals surface area contributed by atoms with E-state index in [1.54, 1.807) is 12.3 Å². The van der Waals surface area contributed by atoms with Crippen LogP contribution in [0.1, 0.15) is 61.7 Å². The fraction of sp³-hybridized carbons (Fsp3) is 0.333. The van der Waals surface area contributed by atoms with Crippen LogP contribution in [-0.4, -0.2) is 24.2 Å². The van der Waals surface area contributed by atoms with Crippen LogP contribution in [0.4, 0.5) is 5.69 Å². The Morgan fingerprint density at radius 1 is 1.30 bits per heavy atom. The number of amides is 1. The van der Waals surface area contributed by atoms with Gasteiger partial charge in [-0.3, -0.25) is 4.79 Å². The number of benzene rings is 2. The van der Waals surface area contributed by atoms with Crippen LogP contribution in [0.15, 0.2) is 56.5 Å². The molecule has 0 aliphatic carbocycles. The number of hydrogen-bond donors (Lipinski definition) is 1. The number of anilines is 1. The Balaban J connectivity index is 1.50. The zero-order chi connectivity index (χ0) is 21.5. The second kappa shape index (κ2) is 7.91. The van der Waals surface area contributed by atoms with Gasteiger partial charge < -0.3 is 9.32 Å². The third-order valence-corrected chi connectivity index (χ3v) is 6.30. The zero-order valence-corrected chi connectivity index (χ0v) is 19.3. The molecule has 3 aromatic rings. The Hall–Kier alpha value is -2.60. The molecule has 4 rings (SSSR count). The van der Waals surface area contributed by atoms with Crippen LogP contribution in [-0.2, 0) is 0 Å². The van der Waals surface area contributed by atoms with Crippen LogP contribution in [0.25, 0.3) is 11.0 Å². The van der Waals surface area contributed by atoms with Gasteiger partial charge in [0.25, 0.3) is 0 Å². The van der Waals surface area contributed by atoms with Gasteiger partial charge in [0.1, 0.15) is 5.58 Å². The Kier molecular flexibility index (Phi) is 5.45. The molecular weight excluding hydrogens is 442 g/mol. The number of carbonyl (C=O) groups excluding carboxylic acids is 1. The van der Waals surface area contributed by atoms with Crippen molar-refractivity contribution in [3.05, 3.63) is 63.8 Å². The third-order valence-electron chi connectivity index (χ3n) is 5.81. The molecule has 1 aliphatic heterocycles. The minimum atomic E-state index is -0.371. The van der Waals surface area contributed by atoms with E-state index < -0.39 is 0 Å². The molecule has 30 heavy (non-hydrogen) atoms. The fourth-order valence-corrected chi connectivity index (χ4v) is 4.91. The average Bonchev–Trinajstić information content (AvgIpc) is 3.11. The van der Waals surface area contributed by atoms with Crippen molar-refractivity contribution in [2.45, 2.75) is 45.6 Å². The summed E-state index contributed by atoms with van der Waals surface area (Å²) in [6.45, 7) is 10.1. The van der Waals surface area contributed by atoms with Crippen molar-refractivity contribution in [2.24, 2.45) is 5.10 Å². The molecule has 5 nitrogen and oxygen atoms in total. The normalized spacial score (nSPS) is 18.0. The van der Waals surface area contributed by atoms with Gasteiger partial charge in [-0.25, -0.2) is 5.43 Å². The van der Waals surface area contributed by atoms with Gasteiger partial charge in [0, 0.05) is 27.6 Å². The molecule has 1 aliphatic rings. The molecule has 6 heteroatoms. The molecule has 0 spiro atoms. The zero-order valence-electron chi connectivity index (χ0n) is 17.7. The Morgan fingerprint density at radius 3 is 2.87 bits per heavy atom. The van der Waals surface area contributed by atoms with Crippen molar-refractivity contribution in [1.29, 1.82) is 0 Å². The summed E-state index contributed by atoms with van der Waals surface area (Å²) >= 11 is 3.42. The average molecular weight is 468 g/mol. The fourth-order valence-electron chi connectivity index (χ4n) is 4.53. The summed E-state index contributed by atoms with van der Waals surface area (Å²) in [5, 5.41) is 5.01. The molecule has 156 valence electrons. The molecule has 0 bridgehead atoms. The van der Waals surface area contributed by atoms with Crippen LogP contribution in [0.3, 0.4) is 0 Å². The van der Waals surface area contributed by atoms with Crippen LogP contribution in [0.2, 0.25) is 0 Å². The number of halogens is 1. The first-order valence-electron chi connectivity index (χ1n) is 10.2. The topological polar surface area (TPSA) is 57.8 Å². The molecule has 0 unspecified atom stereocenters. The Bertz CT molecular complexity index is 1130. The highest BCUT2D eigenvalue weighted by Crippen LogP contribution is 2.43. The van der Waals surface area contributed by atoms with Gasteiger partial charge in [0.2, 0.25) is 0 Å². The maximum absolute atomic E-state index is 12.4. The summed E-state index contributed by atoms with van der Waals surface area (Å²) in [6.07, 6.45) is 2.79. The molecule has 1 amide bonds. The molecule has 0 saturated heterocycles. The van der Waals surface area contributed by atoms with Crippen molar-refractivity contribution in [3.8, 4) is 0 Å². The lowest BCUT2D eigenvalue weighted by Crippen LogP contribution is -2.48. The lowest BCUT2D eigenvalue weighted by atomic mass is 9.79. The first-order chi connectivity index (χ1) is 14.3. The van der Waals surface area contributed by atoms with Gasteiger partial charge in [-0.1, -0.05) is 28.9 Å². The Morgan fingerprint density at radius 2 is 2.10 bits per heavy atom. The number of nitrogens with one attached hydrogen (secondary N) is 1. The maximum atomic E-state index is 12.4. The first kappa shape index (κ1) is 20.7. The minimum Gasteiger partial charge on any atom is -0.451 e. The second-order valence-electron chi connectivity index (χ2n) is 8.47. The molecular formula is C24H26BrN3O2. The van der Waals surface area contributed by atoms with Gasteiger partial charge in [0.15, 0.2) is 5.76 Å². The van der Waals surface area contributed by atoms with Crippen LogP contribution in [0, 0.1) is 0 Å². The summed E-state index contributed by atoms with van der Waals surface area (Å²) < 4.78 is 6.54. The quantitative estimate of drug-likeness (QED) is 0.374. The van der Waals surface area contributed by atoms with E-state index >= 15 is 0 Å². The van der Waals surface area contributed by atoms with E-state index in [1.807, 2.05) is 24.3 Å². The summed E-state index contributed by atoms with van der Waals surface area (Å²) in [7, 11) is 0. The van der Waals surface area contributed by atoms with Crippen LogP contribution >= 0.6 is 15.9 Å². The number of hydrazone groups is 1. The second-order valence-corrected chi connectivity index (χ2v) is 9.39. The highest BCUT2D eigenvalue weighted by Gasteiger charge is 2.35. The van der Waals surface area contributed by atoms with Gasteiger partial charge in [0.05, 0.1) is 6.21 Å². The van der Waals surface area contributed by atoms with Gasteiger partial charge in [-0.2, -0.15) is 5.10 Å². The smallest absolute Gasteiger partial charge is 0.307 e. The monoisotopic (exact) mass is 467 g/mol. The van der Waals surface area contributed by atoms with E-state index in [0.29, 0.717) is 11.5 Å². The van der Waals surface area contributed by atoms with Gasteiger partial charge >= 0.3 is 5.91 Å². The molecule has 1 N–H and O–H groups in total. The lowest BCUT2D eigenvalue weighted by Gasteiger charge is -2.47. The highest BCUT2D eigenvalue weighted by molar-refractivity contribution is 9.10. The van der Waals surface area contributed by atoms with Gasteiger partial charge in [-0.05, 0) is 80.6 Å². The van der Waals surface area contributed by atoms with Crippen molar-refractivity contribution >= 4 is 44.7 Å². The highest BCUT2D eigenvalue weighted by atomic mass is 79.9. The number of fused-ring (bicyclic) bond motifs is 2. The number of carbonyl (C=O) groups is 1. The molecule has 0 fully saturated rings. The summed E-state index contributed by atoms with van der Waals surface area (Å²) in [4.78, 5) is 14.9. The van der Waals surface area contributed by atoms with Crippen LogP contribution in [0.5, 0.6) is 0 Å². The number of rotatable bonds is 4. The number of nitrogens with zero attached hydrogens (tertiary/aromatic N) is 2. The maximum Gasteiger partial charge on any atom is 0.307 e. The van der Waals surface area contributed by atoms with E-state index in [1.165, 1.54) is 11.3 Å². The molecule has 1 atom stereocenters. The predicted octanol–water partition coefficient (Wildman–Crippen LogP) is 6.07. The van der Waals surface area contributed by atoms with Crippen molar-refractivity contribution in [1.82, 2.24) is 5.43 Å². The standard InChI is InChI=1S/C24H26BrN3O2/c1-5-28-20-8-6-16(10-19(20)15(2)13-24(28,3)4)14-26-27-23(29)22-12-17-11-18(25)7-9-21(17)30-22/h6-12,14-15H,5,13H2,1-4H3,(H,27,29)/b26-14+/t15-/m0/s1. The van der Waals surface area contributed by atoms with Crippen LogP contribution < -0.4 is 10.3 Å². The van der Waals surface area contributed by atoms with E-state index in [0.717, 1.165) is 28.4 Å². The van der Waals surface area contributed by atoms with Crippen molar-refractivity contribution < 1.29 is 9.21 Å². The number of hydrogen-bond acceptors (Lipinski definition) is 4. The summed E-state index contributed by atoms with van der Waals surface area (Å²) in [6, 6.07) is 13.7. The largest absolute Gasteiger partial charge is 0.451 e. The van der Waals surface area contributed by atoms with E-state index in [2.05, 4.69) is 71.2 Å². The van der Waals surface area contributed by atoms with E-state index in [-0.39, 0.29) is 17.2 Å². The van der Waals surface area contributed by atoms with E-state index in [9.17, 15) is 4.79 Å². The molecule has 0 radical (unpaired) electrons.